The standard InChI is InChI=1S/C4H2N9O4/c5-2-1(12(14)15)3(13(16)17)8-11(2)4-6-9-10-7-4/h5H2/q-1. The lowest BCUT2D eigenvalue weighted by Gasteiger charge is -1.96. The van der Waals surface area contributed by atoms with Gasteiger partial charge < -0.3 is 15.8 Å². The van der Waals surface area contributed by atoms with Crippen LogP contribution < -0.4 is 10.8 Å². The van der Waals surface area contributed by atoms with E-state index >= 15 is 0 Å². The van der Waals surface area contributed by atoms with E-state index in [2.05, 4.69) is 25.7 Å². The molecule has 13 nitrogen and oxygen atoms in total. The van der Waals surface area contributed by atoms with Gasteiger partial charge in [0.1, 0.15) is 5.95 Å². The fourth-order valence-corrected chi connectivity index (χ4v) is 1.09. The second-order valence-corrected chi connectivity index (χ2v) is 2.66. The molecule has 0 aliphatic rings. The van der Waals surface area contributed by atoms with Crippen molar-refractivity contribution in [3.63, 3.8) is 0 Å². The first-order chi connectivity index (χ1) is 8.02. The summed E-state index contributed by atoms with van der Waals surface area (Å²) in [5.74, 6) is -1.87. The van der Waals surface area contributed by atoms with Gasteiger partial charge in [0.25, 0.3) is 0 Å². The van der Waals surface area contributed by atoms with Crippen LogP contribution in [0.25, 0.3) is 5.95 Å². The second-order valence-electron chi connectivity index (χ2n) is 2.66. The van der Waals surface area contributed by atoms with Gasteiger partial charge in [-0.25, -0.2) is 5.10 Å². The van der Waals surface area contributed by atoms with Crippen molar-refractivity contribution in [2.45, 2.75) is 0 Å². The molecule has 0 saturated heterocycles. The van der Waals surface area contributed by atoms with Crippen LogP contribution in [0.4, 0.5) is 17.3 Å². The Labute approximate surface area is 90.5 Å². The van der Waals surface area contributed by atoms with E-state index in [1.54, 1.807) is 0 Å². The lowest BCUT2D eigenvalue weighted by atomic mass is 10.5. The summed E-state index contributed by atoms with van der Waals surface area (Å²) in [6.07, 6.45) is 0. The van der Waals surface area contributed by atoms with Crippen LogP contribution in [0.1, 0.15) is 0 Å². The van der Waals surface area contributed by atoms with Gasteiger partial charge in [0.2, 0.25) is 0 Å². The molecule has 0 aliphatic heterocycles. The van der Waals surface area contributed by atoms with Crippen molar-refractivity contribution in [1.29, 1.82) is 0 Å². The number of hydrogen-bond donors (Lipinski definition) is 1. The fraction of sp³-hybridized carbons (Fsp3) is 0. The molecule has 0 aliphatic carbocycles. The Hall–Kier alpha value is -3.12. The molecule has 2 N–H and O–H groups in total. The van der Waals surface area contributed by atoms with E-state index in [1.165, 1.54) is 0 Å². The van der Waals surface area contributed by atoms with Crippen LogP contribution in [0.3, 0.4) is 0 Å². The molecule has 0 fully saturated rings. The number of rotatable bonds is 3. The van der Waals surface area contributed by atoms with Gasteiger partial charge in [-0.1, -0.05) is 0 Å². The highest BCUT2D eigenvalue weighted by atomic mass is 16.6. The summed E-state index contributed by atoms with van der Waals surface area (Å²) in [5.41, 5.74) is 4.42. The maximum absolute atomic E-state index is 10.6. The Morgan fingerprint density at radius 1 is 1.29 bits per heavy atom. The minimum absolute atomic E-state index is 0.293. The highest BCUT2D eigenvalue weighted by molar-refractivity contribution is 5.65. The maximum Gasteiger partial charge on any atom is 0.458 e. The first-order valence-corrected chi connectivity index (χ1v) is 3.88. The molecule has 13 heteroatoms. The zero-order chi connectivity index (χ0) is 12.6. The fourth-order valence-electron chi connectivity index (χ4n) is 1.09. The first-order valence-electron chi connectivity index (χ1n) is 3.88. The van der Waals surface area contributed by atoms with Crippen LogP contribution in [0.2, 0.25) is 0 Å². The van der Waals surface area contributed by atoms with Gasteiger partial charge in [0.05, 0.1) is 4.92 Å². The average Bonchev–Trinajstić information content (AvgIpc) is 2.83. The summed E-state index contributed by atoms with van der Waals surface area (Å²) in [4.78, 5) is 19.1. The summed E-state index contributed by atoms with van der Waals surface area (Å²) < 4.78 is 0.621. The van der Waals surface area contributed by atoms with Crippen LogP contribution >= 0.6 is 0 Å². The Balaban J connectivity index is 2.68. The molecule has 0 aromatic carbocycles. The van der Waals surface area contributed by atoms with Gasteiger partial charge in [0, 0.05) is 5.10 Å². The van der Waals surface area contributed by atoms with E-state index in [0.29, 0.717) is 4.68 Å². The Kier molecular flexibility index (Phi) is 2.12. The lowest BCUT2D eigenvalue weighted by molar-refractivity contribution is -0.424. The van der Waals surface area contributed by atoms with Gasteiger partial charge in [-0.15, -0.1) is 5.21 Å². The van der Waals surface area contributed by atoms with Gasteiger partial charge in [-0.3, -0.25) is 15.2 Å². The third-order valence-corrected chi connectivity index (χ3v) is 1.73. The van der Waals surface area contributed by atoms with Crippen LogP contribution in [0, 0.1) is 20.2 Å². The van der Waals surface area contributed by atoms with Gasteiger partial charge >= 0.3 is 11.5 Å². The largest absolute Gasteiger partial charge is 0.458 e. The molecule has 0 bridgehead atoms. The number of nitrogens with zero attached hydrogens (tertiary/aromatic N) is 8. The van der Waals surface area contributed by atoms with E-state index in [-0.39, 0.29) is 5.95 Å². The number of tetrazole rings is 1. The van der Waals surface area contributed by atoms with Crippen LogP contribution in [0.5, 0.6) is 0 Å². The summed E-state index contributed by atoms with van der Waals surface area (Å²) in [5, 5.41) is 37.4. The van der Waals surface area contributed by atoms with E-state index in [4.69, 9.17) is 5.73 Å². The Morgan fingerprint density at radius 3 is 2.41 bits per heavy atom. The van der Waals surface area contributed by atoms with Crippen molar-refractivity contribution in [3.05, 3.63) is 20.2 Å². The number of anilines is 1. The van der Waals surface area contributed by atoms with Gasteiger partial charge in [-0.05, 0) is 4.92 Å². The molecule has 2 heterocycles. The van der Waals surface area contributed by atoms with Gasteiger partial charge in [-0.2, -0.15) is 9.90 Å². The number of nitrogen functional groups attached to an aromatic ring is 1. The summed E-state index contributed by atoms with van der Waals surface area (Å²) in [6, 6.07) is 0. The molecule has 0 saturated carbocycles. The topological polar surface area (TPSA) is 183 Å². The normalized spacial score (nSPS) is 10.4. The van der Waals surface area contributed by atoms with Crippen molar-refractivity contribution in [2.24, 2.45) is 0 Å². The molecule has 0 atom stereocenters. The minimum atomic E-state index is -1.03. The number of nitro groups is 2. The van der Waals surface area contributed by atoms with E-state index in [0.717, 1.165) is 0 Å². The van der Waals surface area contributed by atoms with Crippen LogP contribution in [0.15, 0.2) is 0 Å². The zero-order valence-electron chi connectivity index (χ0n) is 7.79. The maximum atomic E-state index is 10.6. The SMILES string of the molecule is Nc1c([N+](=O)[O-])c([N+](=O)[O-])nn1-c1nnn[n-]1. The molecule has 2 rings (SSSR count). The third-order valence-electron chi connectivity index (χ3n) is 1.73. The summed E-state index contributed by atoms with van der Waals surface area (Å²) in [6.45, 7) is 0. The van der Waals surface area contributed by atoms with Crippen molar-refractivity contribution < 1.29 is 9.85 Å². The predicted octanol–water partition coefficient (Wildman–Crippen LogP) is -1.59. The van der Waals surface area contributed by atoms with E-state index in [9.17, 15) is 20.2 Å². The first kappa shape index (κ1) is 10.4. The second kappa shape index (κ2) is 3.47. The molecule has 2 aromatic rings. The molecule has 0 unspecified atom stereocenters. The van der Waals surface area contributed by atoms with Crippen molar-refractivity contribution in [2.75, 3.05) is 5.73 Å². The average molecular weight is 240 g/mol. The molecular formula is C4H2N9O4-. The highest BCUT2D eigenvalue weighted by Gasteiger charge is 2.35. The van der Waals surface area contributed by atoms with Crippen molar-refractivity contribution in [1.82, 2.24) is 30.4 Å². The highest BCUT2D eigenvalue weighted by Crippen LogP contribution is 2.32. The van der Waals surface area contributed by atoms with Crippen molar-refractivity contribution >= 4 is 17.3 Å². The molecule has 88 valence electrons. The predicted molar refractivity (Wildman–Crippen MR) is 48.0 cm³/mol. The van der Waals surface area contributed by atoms with E-state index < -0.39 is 27.2 Å². The number of aromatic nitrogens is 6. The molecule has 17 heavy (non-hydrogen) atoms. The number of hydrogen-bond acceptors (Lipinski definition) is 9. The zero-order valence-corrected chi connectivity index (χ0v) is 7.79. The molecule has 2 aromatic heterocycles. The van der Waals surface area contributed by atoms with Crippen molar-refractivity contribution in [3.8, 4) is 5.95 Å². The Bertz CT molecular complexity index is 584. The van der Waals surface area contributed by atoms with Crippen LogP contribution in [-0.2, 0) is 0 Å². The monoisotopic (exact) mass is 240 g/mol. The lowest BCUT2D eigenvalue weighted by Crippen LogP contribution is -2.05. The van der Waals surface area contributed by atoms with Gasteiger partial charge in [0.15, 0.2) is 5.82 Å². The molecule has 0 amide bonds. The minimum Gasteiger partial charge on any atom is -0.385 e. The Morgan fingerprint density at radius 2 is 2.00 bits per heavy atom. The summed E-state index contributed by atoms with van der Waals surface area (Å²) in [7, 11) is 0. The van der Waals surface area contributed by atoms with Crippen LogP contribution in [-0.4, -0.2) is 35.2 Å². The van der Waals surface area contributed by atoms with E-state index in [1.807, 2.05) is 0 Å². The molecule has 0 radical (unpaired) electrons. The smallest absolute Gasteiger partial charge is 0.385 e. The third kappa shape index (κ3) is 1.50. The quantitative estimate of drug-likeness (QED) is 0.484. The summed E-state index contributed by atoms with van der Waals surface area (Å²) >= 11 is 0. The number of nitrogens with two attached hydrogens (primary N) is 1. The molecular weight excluding hydrogens is 238 g/mol. The molecule has 0 spiro atoms.